The molecule has 2 aromatic carbocycles. The minimum Gasteiger partial charge on any atom is -0.274 e. The topological polar surface area (TPSA) is 59.3 Å². The van der Waals surface area contributed by atoms with Gasteiger partial charge in [-0.2, -0.15) is 10.2 Å². The van der Waals surface area contributed by atoms with Crippen LogP contribution in [0, 0.1) is 0 Å². The van der Waals surface area contributed by atoms with Crippen molar-refractivity contribution in [3.63, 3.8) is 0 Å². The maximum Gasteiger partial charge on any atom is 0.293 e. The first-order valence-electron chi connectivity index (χ1n) is 6.65. The van der Waals surface area contributed by atoms with Crippen LogP contribution in [0.4, 0.5) is 0 Å². The lowest BCUT2D eigenvalue weighted by molar-refractivity contribution is 0.0948. The Morgan fingerprint density at radius 2 is 2.05 bits per heavy atom. The fourth-order valence-corrected chi connectivity index (χ4v) is 2.68. The van der Waals surface area contributed by atoms with E-state index in [1.807, 2.05) is 36.4 Å². The molecule has 3 rings (SSSR count). The van der Waals surface area contributed by atoms with E-state index in [9.17, 15) is 4.79 Å². The van der Waals surface area contributed by atoms with Gasteiger partial charge in [-0.1, -0.05) is 36.4 Å². The van der Waals surface area contributed by atoms with Crippen LogP contribution in [0.2, 0.25) is 0 Å². The van der Waals surface area contributed by atoms with Gasteiger partial charge in [0.25, 0.3) is 5.91 Å². The predicted octanol–water partition coefficient (Wildman–Crippen LogP) is 3.10. The number of aryl methyl sites for hydroxylation is 1. The van der Waals surface area contributed by atoms with Crippen molar-refractivity contribution < 1.29 is 4.79 Å². The number of hydrogen-bond acceptors (Lipinski definition) is 3. The normalized spacial score (nSPS) is 11.2. The molecule has 0 aliphatic carbocycles. The van der Waals surface area contributed by atoms with Crippen molar-refractivity contribution in [2.45, 2.75) is 0 Å². The van der Waals surface area contributed by atoms with Gasteiger partial charge >= 0.3 is 0 Å². The molecule has 0 spiro atoms. The van der Waals surface area contributed by atoms with Crippen LogP contribution < -0.4 is 5.43 Å². The van der Waals surface area contributed by atoms with Gasteiger partial charge in [0, 0.05) is 13.2 Å². The molecule has 1 heterocycles. The highest BCUT2D eigenvalue weighted by Gasteiger charge is 2.13. The summed E-state index contributed by atoms with van der Waals surface area (Å²) in [7, 11) is 1.75. The van der Waals surface area contributed by atoms with Gasteiger partial charge in [-0.3, -0.25) is 9.48 Å². The molecule has 1 N–H and O–H groups in total. The number of aromatic nitrogens is 2. The van der Waals surface area contributed by atoms with E-state index in [0.29, 0.717) is 10.2 Å². The lowest BCUT2D eigenvalue weighted by Gasteiger charge is -1.99. The Kier molecular flexibility index (Phi) is 4.02. The van der Waals surface area contributed by atoms with Crippen LogP contribution in [-0.2, 0) is 7.05 Å². The first-order valence-corrected chi connectivity index (χ1v) is 7.44. The quantitative estimate of drug-likeness (QED) is 0.579. The summed E-state index contributed by atoms with van der Waals surface area (Å²) < 4.78 is 2.19. The average molecular weight is 357 g/mol. The van der Waals surface area contributed by atoms with Gasteiger partial charge in [0.15, 0.2) is 5.69 Å². The molecule has 0 saturated carbocycles. The summed E-state index contributed by atoms with van der Waals surface area (Å²) in [5.41, 5.74) is 3.69. The van der Waals surface area contributed by atoms with E-state index < -0.39 is 0 Å². The average Bonchev–Trinajstić information content (AvgIpc) is 2.86. The molecule has 0 aliphatic heterocycles. The second-order valence-electron chi connectivity index (χ2n) is 4.81. The van der Waals surface area contributed by atoms with Crippen molar-refractivity contribution in [2.75, 3.05) is 0 Å². The van der Waals surface area contributed by atoms with Gasteiger partial charge in [0.2, 0.25) is 0 Å². The number of rotatable bonds is 3. The van der Waals surface area contributed by atoms with Crippen LogP contribution in [0.25, 0.3) is 10.8 Å². The minimum atomic E-state index is -0.357. The van der Waals surface area contributed by atoms with Crippen LogP contribution in [0.3, 0.4) is 0 Å². The van der Waals surface area contributed by atoms with Crippen molar-refractivity contribution in [3.8, 4) is 0 Å². The maximum atomic E-state index is 12.0. The molecule has 22 heavy (non-hydrogen) atoms. The number of hydrogen-bond donors (Lipinski definition) is 1. The van der Waals surface area contributed by atoms with E-state index in [0.717, 1.165) is 10.9 Å². The molecule has 0 saturated heterocycles. The third-order valence-electron chi connectivity index (χ3n) is 3.15. The highest BCUT2D eigenvalue weighted by Crippen LogP contribution is 2.15. The lowest BCUT2D eigenvalue weighted by atomic mass is 10.1. The number of carbonyl (C=O) groups is 1. The summed E-state index contributed by atoms with van der Waals surface area (Å²) >= 11 is 3.29. The Morgan fingerprint density at radius 3 is 2.77 bits per heavy atom. The van der Waals surface area contributed by atoms with E-state index in [1.165, 1.54) is 5.39 Å². The van der Waals surface area contributed by atoms with E-state index >= 15 is 0 Å². The van der Waals surface area contributed by atoms with Crippen molar-refractivity contribution >= 4 is 38.8 Å². The molecule has 5 nitrogen and oxygen atoms in total. The third kappa shape index (κ3) is 3.07. The smallest absolute Gasteiger partial charge is 0.274 e. The molecule has 1 amide bonds. The van der Waals surface area contributed by atoms with Gasteiger partial charge in [0.05, 0.1) is 10.7 Å². The van der Waals surface area contributed by atoms with Crippen molar-refractivity contribution in [1.29, 1.82) is 0 Å². The molecule has 0 atom stereocenters. The number of halogens is 1. The largest absolute Gasteiger partial charge is 0.293 e. The van der Waals surface area contributed by atoms with E-state index in [-0.39, 0.29) is 5.91 Å². The van der Waals surface area contributed by atoms with E-state index in [4.69, 9.17) is 0 Å². The Morgan fingerprint density at radius 1 is 1.27 bits per heavy atom. The Labute approximate surface area is 135 Å². The predicted molar refractivity (Wildman–Crippen MR) is 89.9 cm³/mol. The number of benzene rings is 2. The van der Waals surface area contributed by atoms with Crippen LogP contribution in [0.1, 0.15) is 16.1 Å². The zero-order valence-electron chi connectivity index (χ0n) is 11.8. The fourth-order valence-electron chi connectivity index (χ4n) is 2.12. The molecule has 0 fully saturated rings. The van der Waals surface area contributed by atoms with Crippen LogP contribution in [0.5, 0.6) is 0 Å². The van der Waals surface area contributed by atoms with Crippen LogP contribution in [-0.4, -0.2) is 21.9 Å². The number of hydrazone groups is 1. The van der Waals surface area contributed by atoms with E-state index in [2.05, 4.69) is 37.6 Å². The summed E-state index contributed by atoms with van der Waals surface area (Å²) in [4.78, 5) is 12.0. The van der Waals surface area contributed by atoms with Gasteiger partial charge in [-0.05, 0) is 38.3 Å². The molecule has 3 aromatic rings. The summed E-state index contributed by atoms with van der Waals surface area (Å²) in [6, 6.07) is 14.1. The molecule has 1 aromatic heterocycles. The monoisotopic (exact) mass is 356 g/mol. The zero-order chi connectivity index (χ0) is 15.5. The number of nitrogens with zero attached hydrogens (tertiary/aromatic N) is 3. The van der Waals surface area contributed by atoms with Crippen molar-refractivity contribution in [2.24, 2.45) is 12.1 Å². The molecule has 110 valence electrons. The maximum absolute atomic E-state index is 12.0. The first kappa shape index (κ1) is 14.5. The van der Waals surface area contributed by atoms with Gasteiger partial charge in [0.1, 0.15) is 0 Å². The van der Waals surface area contributed by atoms with Gasteiger partial charge < -0.3 is 0 Å². The summed E-state index contributed by atoms with van der Waals surface area (Å²) in [5.74, 6) is -0.357. The molecule has 0 bridgehead atoms. The first-order chi connectivity index (χ1) is 10.6. The third-order valence-corrected chi connectivity index (χ3v) is 3.73. The Bertz CT molecular complexity index is 869. The number of amides is 1. The molecular formula is C16H13BrN4O. The Balaban J connectivity index is 1.73. The number of carbonyl (C=O) groups excluding carboxylic acids is 1. The molecule has 0 aliphatic rings. The zero-order valence-corrected chi connectivity index (χ0v) is 13.4. The molecular weight excluding hydrogens is 344 g/mol. The van der Waals surface area contributed by atoms with Gasteiger partial charge in [-0.25, -0.2) is 5.43 Å². The minimum absolute atomic E-state index is 0.304. The van der Waals surface area contributed by atoms with Crippen LogP contribution in [0.15, 0.2) is 58.2 Å². The SMILES string of the molecule is Cn1cc(Br)c(C(=O)N/N=C/c2ccc3ccccc3c2)n1. The second kappa shape index (κ2) is 6.11. The van der Waals surface area contributed by atoms with Crippen molar-refractivity contribution in [3.05, 3.63) is 64.4 Å². The lowest BCUT2D eigenvalue weighted by Crippen LogP contribution is -2.18. The second-order valence-corrected chi connectivity index (χ2v) is 5.66. The summed E-state index contributed by atoms with van der Waals surface area (Å²) in [6.07, 6.45) is 3.32. The Hall–Kier alpha value is -2.47. The number of fused-ring (bicyclic) bond motifs is 1. The standard InChI is InChI=1S/C16H13BrN4O/c1-21-10-14(17)15(20-21)16(22)19-18-9-11-6-7-12-4-2-3-5-13(12)8-11/h2-10H,1H3,(H,19,22)/b18-9+. The van der Waals surface area contributed by atoms with Crippen LogP contribution >= 0.6 is 15.9 Å². The molecule has 0 unspecified atom stereocenters. The fraction of sp³-hybridized carbons (Fsp3) is 0.0625. The summed E-state index contributed by atoms with van der Waals surface area (Å²) in [6.45, 7) is 0. The highest BCUT2D eigenvalue weighted by atomic mass is 79.9. The summed E-state index contributed by atoms with van der Waals surface area (Å²) in [5, 5.41) is 10.3. The molecule has 0 radical (unpaired) electrons. The highest BCUT2D eigenvalue weighted by molar-refractivity contribution is 9.10. The number of nitrogens with one attached hydrogen (secondary N) is 1. The van der Waals surface area contributed by atoms with Crippen molar-refractivity contribution in [1.82, 2.24) is 15.2 Å². The molecule has 6 heteroatoms. The van der Waals surface area contributed by atoms with E-state index in [1.54, 1.807) is 24.1 Å². The van der Waals surface area contributed by atoms with Gasteiger partial charge in [-0.15, -0.1) is 0 Å².